The van der Waals surface area contributed by atoms with Crippen LogP contribution in [0.25, 0.3) is 0 Å². The second-order valence-corrected chi connectivity index (χ2v) is 1.48. The summed E-state index contributed by atoms with van der Waals surface area (Å²) in [5, 5.41) is 18.4. The number of hydrogen-bond acceptors (Lipinski definition) is 1. The van der Waals surface area contributed by atoms with Crippen molar-refractivity contribution in [3.8, 4) is 0 Å². The molecule has 0 aliphatic carbocycles. The Hall–Kier alpha value is -0.800. The minimum atomic E-state index is -1.62. The molecule has 1 unspecified atom stereocenters. The van der Waals surface area contributed by atoms with E-state index >= 15 is 0 Å². The number of H-pyrrole nitrogens is 1. The van der Waals surface area contributed by atoms with Crippen molar-refractivity contribution >= 4 is 0 Å². The van der Waals surface area contributed by atoms with Gasteiger partial charge in [0.1, 0.15) is 0 Å². The van der Waals surface area contributed by atoms with Crippen molar-refractivity contribution in [1.29, 1.82) is 0 Å². The summed E-state index contributed by atoms with van der Waals surface area (Å²) in [4.78, 5) is 2.57. The molecule has 1 aromatic heterocycles. The van der Waals surface area contributed by atoms with Gasteiger partial charge < -0.3 is 10.1 Å². The van der Waals surface area contributed by atoms with Gasteiger partial charge in [-0.3, -0.25) is 0 Å². The molecule has 43 valence electrons. The Labute approximate surface area is 46.6 Å². The number of hydrogen-bond donors (Lipinski definition) is 2. The fourth-order valence-electron chi connectivity index (χ4n) is 0.498. The summed E-state index contributed by atoms with van der Waals surface area (Å²) in [6.45, 7) is 0. The minimum Gasteiger partial charge on any atom is -0.361 e. The molecule has 1 heterocycles. The number of nitrogens with one attached hydrogen (secondary N) is 1. The van der Waals surface area contributed by atoms with Crippen molar-refractivity contribution in [1.82, 2.24) is 4.98 Å². The highest BCUT2D eigenvalue weighted by Crippen LogP contribution is 2.04. The van der Waals surface area contributed by atoms with Crippen LogP contribution in [0.1, 0.15) is 12.0 Å². The summed E-state index contributed by atoms with van der Waals surface area (Å²) >= 11 is 0. The smallest absolute Gasteiger partial charge is 0.230 e. The van der Waals surface area contributed by atoms with Gasteiger partial charge in [-0.25, -0.2) is 0 Å². The molecule has 1 atom stereocenters. The van der Waals surface area contributed by atoms with Crippen molar-refractivity contribution in [2.24, 2.45) is 0 Å². The molecule has 0 aliphatic heterocycles. The summed E-state index contributed by atoms with van der Waals surface area (Å²) in [7, 11) is 0. The predicted octanol–water partition coefficient (Wildman–Crippen LogP) is 0.436. The van der Waals surface area contributed by atoms with Crippen LogP contribution in [0.15, 0.2) is 18.3 Å². The van der Waals surface area contributed by atoms with E-state index in [-0.39, 0.29) is 0 Å². The highest BCUT2D eigenvalue weighted by atomic mass is 16.5. The first-order valence-electron chi connectivity index (χ1n) is 2.28. The Morgan fingerprint density at radius 1 is 1.75 bits per heavy atom. The molecule has 8 heavy (non-hydrogen) atoms. The minimum absolute atomic E-state index is 0.310. The number of aromatic nitrogens is 1. The van der Waals surface area contributed by atoms with Crippen LogP contribution in [0.3, 0.4) is 0 Å². The van der Waals surface area contributed by atoms with Crippen LogP contribution in [0.2, 0.25) is 0 Å². The fourth-order valence-corrected chi connectivity index (χ4v) is 0.498. The first-order valence-corrected chi connectivity index (χ1v) is 2.28. The van der Waals surface area contributed by atoms with E-state index < -0.39 is 6.29 Å². The summed E-state index contributed by atoms with van der Waals surface area (Å²) in [6.07, 6.45) is -0.0267. The lowest BCUT2D eigenvalue weighted by Gasteiger charge is -1.92. The molecule has 0 saturated carbocycles. The third-order valence-corrected chi connectivity index (χ3v) is 0.888. The molecule has 0 bridgehead atoms. The zero-order valence-corrected chi connectivity index (χ0v) is 4.16. The number of rotatable bonds is 1. The number of aromatic amines is 1. The van der Waals surface area contributed by atoms with E-state index in [4.69, 9.17) is 5.11 Å². The van der Waals surface area contributed by atoms with Crippen LogP contribution in [0.4, 0.5) is 0 Å². The normalized spacial score (nSPS) is 10.4. The summed E-state index contributed by atoms with van der Waals surface area (Å²) in [5.41, 5.74) is 0.310. The molecular weight excluding hydrogens is 106 g/mol. The average molecular weight is 112 g/mol. The second kappa shape index (κ2) is 1.98. The van der Waals surface area contributed by atoms with Gasteiger partial charge in [0, 0.05) is 6.20 Å². The molecular formula is C5H6NO2. The lowest BCUT2D eigenvalue weighted by Crippen LogP contribution is -1.91. The van der Waals surface area contributed by atoms with E-state index in [0.717, 1.165) is 0 Å². The van der Waals surface area contributed by atoms with Gasteiger partial charge in [-0.2, -0.15) is 5.11 Å². The van der Waals surface area contributed by atoms with Crippen LogP contribution < -0.4 is 0 Å². The maximum atomic E-state index is 10.1. The Bertz CT molecular complexity index is 145. The molecule has 1 rings (SSSR count). The summed E-state index contributed by atoms with van der Waals surface area (Å²) < 4.78 is 0. The fraction of sp³-hybridized carbons (Fsp3) is 0.200. The van der Waals surface area contributed by atoms with Crippen molar-refractivity contribution < 1.29 is 10.2 Å². The van der Waals surface area contributed by atoms with Gasteiger partial charge in [0.2, 0.25) is 6.29 Å². The standard InChI is InChI=1S/C5H6NO2/c7-5(8)4-2-1-3-6-4/h1-3,5-7H. The van der Waals surface area contributed by atoms with Gasteiger partial charge in [-0.1, -0.05) is 0 Å². The monoisotopic (exact) mass is 112 g/mol. The zero-order chi connectivity index (χ0) is 5.98. The Morgan fingerprint density at radius 3 is 2.75 bits per heavy atom. The third-order valence-electron chi connectivity index (χ3n) is 0.888. The summed E-state index contributed by atoms with van der Waals surface area (Å²) in [5.74, 6) is 0. The van der Waals surface area contributed by atoms with E-state index in [1.165, 1.54) is 6.07 Å². The molecule has 2 N–H and O–H groups in total. The lowest BCUT2D eigenvalue weighted by atomic mass is 10.4. The van der Waals surface area contributed by atoms with Crippen molar-refractivity contribution in [3.63, 3.8) is 0 Å². The van der Waals surface area contributed by atoms with E-state index in [1.807, 2.05) is 0 Å². The molecule has 1 aromatic rings. The van der Waals surface area contributed by atoms with Gasteiger partial charge in [0.15, 0.2) is 0 Å². The quantitative estimate of drug-likeness (QED) is 0.509. The maximum absolute atomic E-state index is 10.1. The highest BCUT2D eigenvalue weighted by molar-refractivity contribution is 5.03. The van der Waals surface area contributed by atoms with Gasteiger partial charge in [0.25, 0.3) is 0 Å². The van der Waals surface area contributed by atoms with E-state index in [2.05, 4.69) is 4.98 Å². The molecule has 0 aliphatic rings. The topological polar surface area (TPSA) is 55.9 Å². The summed E-state index contributed by atoms with van der Waals surface area (Å²) in [6, 6.07) is 3.20. The second-order valence-electron chi connectivity index (χ2n) is 1.48. The van der Waals surface area contributed by atoms with E-state index in [9.17, 15) is 5.11 Å². The van der Waals surface area contributed by atoms with Crippen LogP contribution in [0.5, 0.6) is 0 Å². The van der Waals surface area contributed by atoms with Crippen LogP contribution in [0, 0.1) is 0 Å². The molecule has 0 amide bonds. The van der Waals surface area contributed by atoms with Crippen LogP contribution in [-0.2, 0) is 5.11 Å². The Kier molecular flexibility index (Phi) is 1.32. The van der Waals surface area contributed by atoms with Gasteiger partial charge >= 0.3 is 0 Å². The molecule has 0 saturated heterocycles. The molecule has 0 aromatic carbocycles. The van der Waals surface area contributed by atoms with Crippen LogP contribution >= 0.6 is 0 Å². The van der Waals surface area contributed by atoms with Crippen LogP contribution in [-0.4, -0.2) is 10.1 Å². The SMILES string of the molecule is [O]C(O)c1ccc[nH]1. The highest BCUT2D eigenvalue weighted by Gasteiger charge is 2.01. The lowest BCUT2D eigenvalue weighted by molar-refractivity contribution is -0.0977. The largest absolute Gasteiger partial charge is 0.361 e. The Balaban J connectivity index is 2.77. The number of aliphatic hydroxyl groups excluding tert-OH is 1. The van der Waals surface area contributed by atoms with Crippen molar-refractivity contribution in [2.75, 3.05) is 0 Å². The molecule has 3 nitrogen and oxygen atoms in total. The van der Waals surface area contributed by atoms with Gasteiger partial charge in [-0.15, -0.1) is 0 Å². The first kappa shape index (κ1) is 5.34. The maximum Gasteiger partial charge on any atom is 0.230 e. The molecule has 0 spiro atoms. The predicted molar refractivity (Wildman–Crippen MR) is 26.4 cm³/mol. The first-order chi connectivity index (χ1) is 3.80. The van der Waals surface area contributed by atoms with E-state index in [0.29, 0.717) is 5.69 Å². The van der Waals surface area contributed by atoms with E-state index in [1.54, 1.807) is 12.3 Å². The molecule has 1 radical (unpaired) electrons. The van der Waals surface area contributed by atoms with Crippen molar-refractivity contribution in [3.05, 3.63) is 24.0 Å². The molecule has 3 heteroatoms. The molecule has 0 fully saturated rings. The average Bonchev–Trinajstić information content (AvgIpc) is 2.12. The third kappa shape index (κ3) is 0.882. The van der Waals surface area contributed by atoms with Crippen molar-refractivity contribution in [2.45, 2.75) is 6.29 Å². The zero-order valence-electron chi connectivity index (χ0n) is 4.16. The number of aliphatic hydroxyl groups is 1. The van der Waals surface area contributed by atoms with Gasteiger partial charge in [0.05, 0.1) is 5.69 Å². The van der Waals surface area contributed by atoms with Gasteiger partial charge in [-0.05, 0) is 12.1 Å². The Morgan fingerprint density at radius 2 is 2.50 bits per heavy atom.